The quantitative estimate of drug-likeness (QED) is 0.311. The van der Waals surface area contributed by atoms with E-state index in [-0.39, 0.29) is 17.7 Å². The number of hydrogen-bond acceptors (Lipinski definition) is 4. The van der Waals surface area contributed by atoms with Crippen LogP contribution in [0.3, 0.4) is 0 Å². The lowest BCUT2D eigenvalue weighted by molar-refractivity contribution is 0.0951. The summed E-state index contributed by atoms with van der Waals surface area (Å²) in [6.45, 7) is 4.55. The molecule has 4 N–H and O–H groups in total. The van der Waals surface area contributed by atoms with E-state index in [1.165, 1.54) is 0 Å². The highest BCUT2D eigenvalue weighted by Crippen LogP contribution is 2.12. The maximum atomic E-state index is 11.8. The summed E-state index contributed by atoms with van der Waals surface area (Å²) in [4.78, 5) is 11.8. The maximum absolute atomic E-state index is 11.8. The minimum atomic E-state index is -0.225. The predicted molar refractivity (Wildman–Crippen MR) is 72.5 cm³/mol. The van der Waals surface area contributed by atoms with Gasteiger partial charge in [0.25, 0.3) is 5.91 Å². The number of ether oxygens (including phenoxy) is 1. The highest BCUT2D eigenvalue weighted by Gasteiger charge is 2.11. The number of nitrogens with two attached hydrogens (primary N) is 1. The lowest BCUT2D eigenvalue weighted by Crippen LogP contribution is -2.34. The number of rotatable bonds is 6. The average molecular weight is 265 g/mol. The van der Waals surface area contributed by atoms with E-state index in [0.29, 0.717) is 18.7 Å². The van der Waals surface area contributed by atoms with Crippen LogP contribution in [0.4, 0.5) is 0 Å². The summed E-state index contributed by atoms with van der Waals surface area (Å²) in [5, 5.41) is 14.1. The third-order valence-corrected chi connectivity index (χ3v) is 2.62. The molecule has 6 nitrogen and oxygen atoms in total. The molecule has 0 saturated heterocycles. The largest absolute Gasteiger partial charge is 0.494 e. The summed E-state index contributed by atoms with van der Waals surface area (Å²) < 4.78 is 5.29. The van der Waals surface area contributed by atoms with E-state index in [0.717, 1.165) is 5.75 Å². The van der Waals surface area contributed by atoms with Gasteiger partial charge >= 0.3 is 0 Å². The van der Waals surface area contributed by atoms with Gasteiger partial charge in [0.15, 0.2) is 0 Å². The minimum absolute atomic E-state index is 0.0898. The number of carbonyl (C=O) groups is 1. The molecular weight excluding hydrogens is 246 g/mol. The normalized spacial score (nSPS) is 12.8. The predicted octanol–water partition coefficient (Wildman–Crippen LogP) is 1.20. The molecule has 104 valence electrons. The number of amidine groups is 1. The molecule has 1 unspecified atom stereocenters. The summed E-state index contributed by atoms with van der Waals surface area (Å²) >= 11 is 0. The van der Waals surface area contributed by atoms with Gasteiger partial charge in [-0.15, -0.1) is 0 Å². The Kier molecular flexibility index (Phi) is 5.66. The molecule has 0 aromatic heterocycles. The maximum Gasteiger partial charge on any atom is 0.251 e. The number of hydrogen-bond donors (Lipinski definition) is 3. The topological polar surface area (TPSA) is 96.9 Å². The van der Waals surface area contributed by atoms with Crippen LogP contribution >= 0.6 is 0 Å². The van der Waals surface area contributed by atoms with Crippen LogP contribution in [0.2, 0.25) is 0 Å². The number of oxime groups is 1. The summed E-state index contributed by atoms with van der Waals surface area (Å²) in [7, 11) is 0. The first kappa shape index (κ1) is 14.8. The zero-order chi connectivity index (χ0) is 14.3. The van der Waals surface area contributed by atoms with Crippen molar-refractivity contribution in [3.8, 4) is 5.75 Å². The van der Waals surface area contributed by atoms with Gasteiger partial charge in [-0.25, -0.2) is 0 Å². The van der Waals surface area contributed by atoms with Crippen molar-refractivity contribution >= 4 is 11.7 Å². The molecular formula is C13H19N3O3. The Morgan fingerprint density at radius 1 is 1.47 bits per heavy atom. The molecule has 0 saturated carbocycles. The Morgan fingerprint density at radius 2 is 2.11 bits per heavy atom. The monoisotopic (exact) mass is 265 g/mol. The second-order valence-electron chi connectivity index (χ2n) is 4.09. The highest BCUT2D eigenvalue weighted by molar-refractivity contribution is 5.94. The standard InChI is InChI=1S/C13H19N3O3/c1-3-19-11-6-4-10(5-7-11)13(17)15-8-9(2)12(14)16-18/h4-7,9,18H,3,8H2,1-2H3,(H2,14,16)(H,15,17). The van der Waals surface area contributed by atoms with Crippen molar-refractivity contribution in [1.29, 1.82) is 0 Å². The smallest absolute Gasteiger partial charge is 0.251 e. The summed E-state index contributed by atoms with van der Waals surface area (Å²) in [6.07, 6.45) is 0. The lowest BCUT2D eigenvalue weighted by Gasteiger charge is -2.11. The molecule has 1 rings (SSSR count). The Hall–Kier alpha value is -2.24. The lowest BCUT2D eigenvalue weighted by atomic mass is 10.1. The molecule has 19 heavy (non-hydrogen) atoms. The van der Waals surface area contributed by atoms with Crippen molar-refractivity contribution in [2.75, 3.05) is 13.2 Å². The Labute approximate surface area is 112 Å². The molecule has 6 heteroatoms. The minimum Gasteiger partial charge on any atom is -0.494 e. The molecule has 0 bridgehead atoms. The Morgan fingerprint density at radius 3 is 2.63 bits per heavy atom. The molecule has 0 spiro atoms. The fraction of sp³-hybridized carbons (Fsp3) is 0.385. The van der Waals surface area contributed by atoms with Gasteiger partial charge in [0.05, 0.1) is 6.61 Å². The van der Waals surface area contributed by atoms with Crippen molar-refractivity contribution in [1.82, 2.24) is 5.32 Å². The number of nitrogens with zero attached hydrogens (tertiary/aromatic N) is 1. The molecule has 1 aromatic rings. The van der Waals surface area contributed by atoms with E-state index in [9.17, 15) is 4.79 Å². The van der Waals surface area contributed by atoms with Crippen LogP contribution in [-0.4, -0.2) is 30.1 Å². The van der Waals surface area contributed by atoms with Gasteiger partial charge in [-0.3, -0.25) is 4.79 Å². The van der Waals surface area contributed by atoms with Gasteiger partial charge in [0.2, 0.25) is 0 Å². The van der Waals surface area contributed by atoms with Crippen LogP contribution in [0.15, 0.2) is 29.4 Å². The van der Waals surface area contributed by atoms with Crippen molar-refractivity contribution < 1.29 is 14.7 Å². The molecule has 1 aromatic carbocycles. The summed E-state index contributed by atoms with van der Waals surface area (Å²) in [5.41, 5.74) is 5.96. The second kappa shape index (κ2) is 7.25. The first-order chi connectivity index (χ1) is 9.08. The second-order valence-corrected chi connectivity index (χ2v) is 4.09. The molecule has 0 aliphatic rings. The Bertz CT molecular complexity index is 443. The number of carbonyl (C=O) groups excluding carboxylic acids is 1. The van der Waals surface area contributed by atoms with Crippen molar-refractivity contribution in [3.63, 3.8) is 0 Å². The SMILES string of the molecule is CCOc1ccc(C(=O)NCC(C)C(N)=NO)cc1. The van der Waals surface area contributed by atoms with Crippen molar-refractivity contribution in [3.05, 3.63) is 29.8 Å². The third kappa shape index (κ3) is 4.50. The van der Waals surface area contributed by atoms with Crippen molar-refractivity contribution in [2.45, 2.75) is 13.8 Å². The van der Waals surface area contributed by atoms with Crippen LogP contribution in [0, 0.1) is 5.92 Å². The van der Waals surface area contributed by atoms with E-state index in [1.54, 1.807) is 31.2 Å². The zero-order valence-corrected chi connectivity index (χ0v) is 11.1. The molecule has 0 aliphatic carbocycles. The highest BCUT2D eigenvalue weighted by atomic mass is 16.5. The first-order valence-corrected chi connectivity index (χ1v) is 6.07. The first-order valence-electron chi connectivity index (χ1n) is 6.07. The fourth-order valence-corrected chi connectivity index (χ4v) is 1.42. The molecule has 0 aliphatic heterocycles. The van der Waals surface area contributed by atoms with Crippen LogP contribution in [0.1, 0.15) is 24.2 Å². The van der Waals surface area contributed by atoms with Gasteiger partial charge in [0, 0.05) is 18.0 Å². The molecule has 0 radical (unpaired) electrons. The van der Waals surface area contributed by atoms with Crippen LogP contribution in [-0.2, 0) is 0 Å². The van der Waals surface area contributed by atoms with E-state index in [4.69, 9.17) is 15.7 Å². The van der Waals surface area contributed by atoms with Crippen molar-refractivity contribution in [2.24, 2.45) is 16.8 Å². The fourth-order valence-electron chi connectivity index (χ4n) is 1.42. The molecule has 0 heterocycles. The van der Waals surface area contributed by atoms with Gasteiger partial charge in [-0.2, -0.15) is 0 Å². The van der Waals surface area contributed by atoms with E-state index >= 15 is 0 Å². The molecule has 0 fully saturated rings. The van der Waals surface area contributed by atoms with E-state index in [2.05, 4.69) is 10.5 Å². The Balaban J connectivity index is 2.54. The van der Waals surface area contributed by atoms with Crippen LogP contribution in [0.5, 0.6) is 5.75 Å². The number of nitrogens with one attached hydrogen (secondary N) is 1. The van der Waals surface area contributed by atoms with Gasteiger partial charge < -0.3 is 21.0 Å². The summed E-state index contributed by atoms with van der Waals surface area (Å²) in [6, 6.07) is 6.86. The van der Waals surface area contributed by atoms with Gasteiger partial charge in [0.1, 0.15) is 11.6 Å². The number of amides is 1. The third-order valence-electron chi connectivity index (χ3n) is 2.62. The average Bonchev–Trinajstić information content (AvgIpc) is 2.44. The summed E-state index contributed by atoms with van der Waals surface area (Å²) in [5.74, 6) is 0.383. The van der Waals surface area contributed by atoms with Crippen LogP contribution < -0.4 is 15.8 Å². The number of benzene rings is 1. The molecule has 1 amide bonds. The van der Waals surface area contributed by atoms with E-state index < -0.39 is 0 Å². The van der Waals surface area contributed by atoms with Crippen LogP contribution in [0.25, 0.3) is 0 Å². The van der Waals surface area contributed by atoms with Gasteiger partial charge in [-0.05, 0) is 31.2 Å². The zero-order valence-electron chi connectivity index (χ0n) is 11.1. The molecule has 1 atom stereocenters. The van der Waals surface area contributed by atoms with E-state index in [1.807, 2.05) is 6.92 Å². The van der Waals surface area contributed by atoms with Gasteiger partial charge in [-0.1, -0.05) is 12.1 Å².